The third kappa shape index (κ3) is 4.01. The largest absolute Gasteiger partial charge is 0.480 e. The summed E-state index contributed by atoms with van der Waals surface area (Å²) in [4.78, 5) is 25.5. The van der Waals surface area contributed by atoms with Gasteiger partial charge in [0.25, 0.3) is 0 Å². The van der Waals surface area contributed by atoms with E-state index < -0.39 is 12.0 Å². The first-order chi connectivity index (χ1) is 10.4. The van der Waals surface area contributed by atoms with Crippen LogP contribution in [-0.4, -0.2) is 51.9 Å². The highest BCUT2D eigenvalue weighted by Gasteiger charge is 2.34. The second kappa shape index (κ2) is 7.15. The molecule has 1 aliphatic heterocycles. The Morgan fingerprint density at radius 1 is 1.23 bits per heavy atom. The monoisotopic (exact) mass is 322 g/mol. The number of hydrogen-bond donors (Lipinski definition) is 1. The summed E-state index contributed by atoms with van der Waals surface area (Å²) in [6.07, 6.45) is 0. The highest BCUT2D eigenvalue weighted by Crippen LogP contribution is 2.28. The number of carbonyl (C=O) groups is 2. The van der Waals surface area contributed by atoms with Gasteiger partial charge in [0.2, 0.25) is 5.91 Å². The van der Waals surface area contributed by atoms with Crippen LogP contribution in [0.25, 0.3) is 0 Å². The van der Waals surface area contributed by atoms with Crippen molar-refractivity contribution in [1.82, 2.24) is 9.21 Å². The molecule has 1 N–H and O–H groups in total. The number of benzene rings is 1. The van der Waals surface area contributed by atoms with E-state index in [0.29, 0.717) is 19.0 Å². The van der Waals surface area contributed by atoms with E-state index in [2.05, 4.69) is 26.0 Å². The number of carbonyl (C=O) groups excluding carboxylic acids is 1. The molecule has 1 fully saturated rings. The van der Waals surface area contributed by atoms with Gasteiger partial charge in [-0.05, 0) is 35.6 Å². The van der Waals surface area contributed by atoms with Crippen molar-refractivity contribution in [3.05, 3.63) is 29.8 Å². The molecular weight excluding hydrogens is 300 g/mol. The van der Waals surface area contributed by atoms with Crippen LogP contribution in [0.3, 0.4) is 0 Å². The van der Waals surface area contributed by atoms with E-state index in [0.717, 1.165) is 4.90 Å². The zero-order valence-electron chi connectivity index (χ0n) is 13.2. The Balaban J connectivity index is 2.07. The molecule has 1 amide bonds. The summed E-state index contributed by atoms with van der Waals surface area (Å²) in [5.41, 5.74) is 1.26. The van der Waals surface area contributed by atoms with Crippen LogP contribution in [-0.2, 0) is 9.59 Å². The van der Waals surface area contributed by atoms with Crippen molar-refractivity contribution in [2.45, 2.75) is 37.6 Å². The highest BCUT2D eigenvalue weighted by atomic mass is 32.2. The molecule has 120 valence electrons. The molecule has 22 heavy (non-hydrogen) atoms. The van der Waals surface area contributed by atoms with Crippen molar-refractivity contribution < 1.29 is 14.7 Å². The number of carboxylic acid groups (broad SMARTS) is 1. The number of rotatable bonds is 4. The van der Waals surface area contributed by atoms with Crippen LogP contribution in [0, 0.1) is 0 Å². The molecule has 0 aliphatic carbocycles. The van der Waals surface area contributed by atoms with E-state index in [1.807, 2.05) is 16.4 Å². The predicted octanol–water partition coefficient (Wildman–Crippen LogP) is 2.43. The topological polar surface area (TPSA) is 60.9 Å². The van der Waals surface area contributed by atoms with E-state index in [9.17, 15) is 14.7 Å². The molecule has 1 heterocycles. The molecule has 0 saturated carbocycles. The van der Waals surface area contributed by atoms with Crippen molar-refractivity contribution in [1.29, 1.82) is 0 Å². The van der Waals surface area contributed by atoms with Gasteiger partial charge in [-0.2, -0.15) is 0 Å². The minimum absolute atomic E-state index is 0.0720. The lowest BCUT2D eigenvalue weighted by Crippen LogP contribution is -2.54. The first-order valence-corrected chi connectivity index (χ1v) is 8.18. The van der Waals surface area contributed by atoms with Gasteiger partial charge in [-0.15, -0.1) is 0 Å². The van der Waals surface area contributed by atoms with Crippen molar-refractivity contribution in [3.63, 3.8) is 0 Å². The summed E-state index contributed by atoms with van der Waals surface area (Å²) in [5.74, 6) is -0.487. The smallest absolute Gasteiger partial charge is 0.323 e. The maximum absolute atomic E-state index is 11.5. The van der Waals surface area contributed by atoms with Crippen LogP contribution >= 0.6 is 11.9 Å². The Hall–Kier alpha value is -1.53. The normalized spacial score (nSPS) is 19.5. The Morgan fingerprint density at radius 2 is 1.86 bits per heavy atom. The third-order valence-electron chi connectivity index (χ3n) is 3.83. The van der Waals surface area contributed by atoms with Gasteiger partial charge in [0.05, 0.1) is 0 Å². The van der Waals surface area contributed by atoms with Gasteiger partial charge >= 0.3 is 5.97 Å². The van der Waals surface area contributed by atoms with Crippen LogP contribution in [0.2, 0.25) is 0 Å². The SMILES string of the molecule is CC(=O)N1CCN(Sc2ccc(C(C)C)cc2)[C@@H](C(=O)O)C1. The van der Waals surface area contributed by atoms with Gasteiger partial charge in [0, 0.05) is 31.5 Å². The molecule has 1 aromatic rings. The predicted molar refractivity (Wildman–Crippen MR) is 86.8 cm³/mol. The third-order valence-corrected chi connectivity index (χ3v) is 4.99. The first-order valence-electron chi connectivity index (χ1n) is 7.41. The lowest BCUT2D eigenvalue weighted by molar-refractivity contribution is -0.144. The maximum Gasteiger partial charge on any atom is 0.323 e. The quantitative estimate of drug-likeness (QED) is 0.863. The Bertz CT molecular complexity index is 545. The van der Waals surface area contributed by atoms with Crippen LogP contribution in [0.4, 0.5) is 0 Å². The van der Waals surface area contributed by atoms with Gasteiger partial charge in [-0.1, -0.05) is 26.0 Å². The summed E-state index contributed by atoms with van der Waals surface area (Å²) >= 11 is 1.45. The maximum atomic E-state index is 11.5. The number of carboxylic acids is 1. The van der Waals surface area contributed by atoms with Crippen molar-refractivity contribution in [3.8, 4) is 0 Å². The molecule has 1 atom stereocenters. The lowest BCUT2D eigenvalue weighted by atomic mass is 10.0. The molecule has 1 aliphatic rings. The number of nitrogens with zero attached hydrogens (tertiary/aromatic N) is 2. The molecule has 0 radical (unpaired) electrons. The van der Waals surface area contributed by atoms with Gasteiger partial charge < -0.3 is 10.0 Å². The minimum atomic E-state index is -0.891. The molecule has 2 rings (SSSR count). The van der Waals surface area contributed by atoms with Crippen LogP contribution in [0.1, 0.15) is 32.3 Å². The standard InChI is InChI=1S/C16H22N2O3S/c1-11(2)13-4-6-14(7-5-13)22-18-9-8-17(12(3)19)10-15(18)16(20)21/h4-7,11,15H,8-10H2,1-3H3,(H,20,21)/t15-/m1/s1. The van der Waals surface area contributed by atoms with Crippen molar-refractivity contribution in [2.24, 2.45) is 0 Å². The Morgan fingerprint density at radius 3 is 2.36 bits per heavy atom. The van der Waals surface area contributed by atoms with E-state index in [4.69, 9.17) is 0 Å². The summed E-state index contributed by atoms with van der Waals surface area (Å²) in [5, 5.41) is 9.41. The molecule has 0 unspecified atom stereocenters. The van der Waals surface area contributed by atoms with Crippen LogP contribution < -0.4 is 0 Å². The molecule has 1 saturated heterocycles. The summed E-state index contributed by atoms with van der Waals surface area (Å²) < 4.78 is 1.85. The lowest BCUT2D eigenvalue weighted by Gasteiger charge is -2.37. The number of hydrogen-bond acceptors (Lipinski definition) is 4. The number of piperazine rings is 1. The fourth-order valence-corrected chi connectivity index (χ4v) is 3.40. The number of amides is 1. The average molecular weight is 322 g/mol. The molecule has 6 heteroatoms. The molecular formula is C16H22N2O3S. The molecule has 0 spiro atoms. The zero-order chi connectivity index (χ0) is 16.3. The molecule has 0 aromatic heterocycles. The van der Waals surface area contributed by atoms with Gasteiger partial charge in [-0.3, -0.25) is 9.59 Å². The summed E-state index contributed by atoms with van der Waals surface area (Å²) in [6, 6.07) is 7.53. The van der Waals surface area contributed by atoms with Gasteiger partial charge in [0.1, 0.15) is 6.04 Å². The molecule has 5 nitrogen and oxygen atoms in total. The Labute approximate surface area is 135 Å². The average Bonchev–Trinajstić information content (AvgIpc) is 2.47. The van der Waals surface area contributed by atoms with E-state index >= 15 is 0 Å². The second-order valence-corrected chi connectivity index (χ2v) is 6.90. The number of aliphatic carboxylic acids is 1. The summed E-state index contributed by atoms with van der Waals surface area (Å²) in [6.45, 7) is 7.12. The summed E-state index contributed by atoms with van der Waals surface area (Å²) in [7, 11) is 0. The van der Waals surface area contributed by atoms with Gasteiger partial charge in [0.15, 0.2) is 0 Å². The fraction of sp³-hybridized carbons (Fsp3) is 0.500. The molecule has 1 aromatic carbocycles. The van der Waals surface area contributed by atoms with Gasteiger partial charge in [-0.25, -0.2) is 4.31 Å². The van der Waals surface area contributed by atoms with Crippen LogP contribution in [0.5, 0.6) is 0 Å². The fourth-order valence-electron chi connectivity index (χ4n) is 2.41. The van der Waals surface area contributed by atoms with Crippen molar-refractivity contribution in [2.75, 3.05) is 19.6 Å². The first kappa shape index (κ1) is 16.8. The Kier molecular flexibility index (Phi) is 5.47. The minimum Gasteiger partial charge on any atom is -0.480 e. The van der Waals surface area contributed by atoms with Crippen LogP contribution in [0.15, 0.2) is 29.2 Å². The molecule has 0 bridgehead atoms. The zero-order valence-corrected chi connectivity index (χ0v) is 14.0. The van der Waals surface area contributed by atoms with E-state index in [-0.39, 0.29) is 12.5 Å². The van der Waals surface area contributed by atoms with E-state index in [1.54, 1.807) is 4.90 Å². The second-order valence-electron chi connectivity index (χ2n) is 5.77. The van der Waals surface area contributed by atoms with Crippen molar-refractivity contribution >= 4 is 23.8 Å². The van der Waals surface area contributed by atoms with E-state index in [1.165, 1.54) is 24.4 Å². The highest BCUT2D eigenvalue weighted by molar-refractivity contribution is 7.97.